The van der Waals surface area contributed by atoms with Crippen molar-refractivity contribution in [2.45, 2.75) is 12.5 Å². The Kier molecular flexibility index (Phi) is 4.91. The lowest BCUT2D eigenvalue weighted by Gasteiger charge is -2.19. The van der Waals surface area contributed by atoms with Crippen molar-refractivity contribution >= 4 is 10.8 Å². The van der Waals surface area contributed by atoms with Crippen molar-refractivity contribution in [1.29, 1.82) is 0 Å². The highest BCUT2D eigenvalue weighted by atomic mass is 16.5. The van der Waals surface area contributed by atoms with Gasteiger partial charge >= 0.3 is 0 Å². The molecular weight excluding hydrogens is 288 g/mol. The standard InChI is InChI=1S/C20H20O3/c21-12-17(13-22)20-18-9-5-4-8-16(18)10-11-19(20)23-14-15-6-2-1-3-7-15/h1-11,17,21-22H,12-14H2. The van der Waals surface area contributed by atoms with Crippen LogP contribution in [0.1, 0.15) is 17.0 Å². The zero-order valence-corrected chi connectivity index (χ0v) is 12.9. The van der Waals surface area contributed by atoms with Gasteiger partial charge in [-0.1, -0.05) is 60.7 Å². The van der Waals surface area contributed by atoms with Crippen LogP contribution in [-0.2, 0) is 6.61 Å². The second kappa shape index (κ2) is 7.27. The van der Waals surface area contributed by atoms with Crippen molar-refractivity contribution in [1.82, 2.24) is 0 Å². The zero-order valence-electron chi connectivity index (χ0n) is 12.9. The fourth-order valence-corrected chi connectivity index (χ4v) is 2.80. The van der Waals surface area contributed by atoms with E-state index in [1.54, 1.807) is 0 Å². The third-order valence-electron chi connectivity index (χ3n) is 4.02. The van der Waals surface area contributed by atoms with Crippen molar-refractivity contribution in [3.63, 3.8) is 0 Å². The molecule has 0 unspecified atom stereocenters. The van der Waals surface area contributed by atoms with Crippen LogP contribution in [0.5, 0.6) is 5.75 Å². The van der Waals surface area contributed by atoms with Gasteiger partial charge in [0.05, 0.1) is 13.2 Å². The summed E-state index contributed by atoms with van der Waals surface area (Å²) in [5, 5.41) is 21.3. The van der Waals surface area contributed by atoms with Crippen LogP contribution in [0.3, 0.4) is 0 Å². The highest BCUT2D eigenvalue weighted by molar-refractivity contribution is 5.88. The molecule has 3 nitrogen and oxygen atoms in total. The molecule has 0 aromatic heterocycles. The van der Waals surface area contributed by atoms with Crippen LogP contribution in [0.2, 0.25) is 0 Å². The van der Waals surface area contributed by atoms with Crippen molar-refractivity contribution < 1.29 is 14.9 Å². The summed E-state index contributed by atoms with van der Waals surface area (Å²) in [6, 6.07) is 21.8. The molecule has 0 aliphatic carbocycles. The number of fused-ring (bicyclic) bond motifs is 1. The molecule has 0 atom stereocenters. The molecule has 118 valence electrons. The van der Waals surface area contributed by atoms with Gasteiger partial charge < -0.3 is 14.9 Å². The first-order chi connectivity index (χ1) is 11.3. The zero-order chi connectivity index (χ0) is 16.1. The number of aliphatic hydroxyl groups is 2. The Morgan fingerprint density at radius 2 is 1.48 bits per heavy atom. The summed E-state index contributed by atoms with van der Waals surface area (Å²) in [5.41, 5.74) is 1.94. The second-order valence-electron chi connectivity index (χ2n) is 5.53. The Balaban J connectivity index is 1.99. The number of rotatable bonds is 6. The monoisotopic (exact) mass is 308 g/mol. The fraction of sp³-hybridized carbons (Fsp3) is 0.200. The Labute approximate surface area is 135 Å². The molecule has 0 bridgehead atoms. The van der Waals surface area contributed by atoms with E-state index in [-0.39, 0.29) is 19.1 Å². The maximum atomic E-state index is 9.63. The second-order valence-corrected chi connectivity index (χ2v) is 5.53. The lowest BCUT2D eigenvalue weighted by Crippen LogP contribution is -2.11. The van der Waals surface area contributed by atoms with E-state index in [0.717, 1.165) is 21.9 Å². The molecule has 0 aliphatic rings. The average Bonchev–Trinajstić information content (AvgIpc) is 2.62. The van der Waals surface area contributed by atoms with Crippen molar-refractivity contribution in [2.75, 3.05) is 13.2 Å². The highest BCUT2D eigenvalue weighted by Gasteiger charge is 2.18. The average molecular weight is 308 g/mol. The molecular formula is C20H20O3. The smallest absolute Gasteiger partial charge is 0.124 e. The van der Waals surface area contributed by atoms with E-state index in [1.807, 2.05) is 66.7 Å². The quantitative estimate of drug-likeness (QED) is 0.733. The van der Waals surface area contributed by atoms with E-state index in [9.17, 15) is 10.2 Å². The van der Waals surface area contributed by atoms with E-state index >= 15 is 0 Å². The summed E-state index contributed by atoms with van der Waals surface area (Å²) in [7, 11) is 0. The summed E-state index contributed by atoms with van der Waals surface area (Å²) in [6.45, 7) is 0.216. The number of hydrogen-bond donors (Lipinski definition) is 2. The predicted octanol–water partition coefficient (Wildman–Crippen LogP) is 3.49. The first-order valence-electron chi connectivity index (χ1n) is 7.73. The fourth-order valence-electron chi connectivity index (χ4n) is 2.80. The van der Waals surface area contributed by atoms with Crippen molar-refractivity contribution in [3.8, 4) is 5.75 Å². The van der Waals surface area contributed by atoms with E-state index in [1.165, 1.54) is 0 Å². The van der Waals surface area contributed by atoms with E-state index in [0.29, 0.717) is 12.4 Å². The van der Waals surface area contributed by atoms with Crippen molar-refractivity contribution in [2.24, 2.45) is 0 Å². The molecule has 3 aromatic carbocycles. The van der Waals surface area contributed by atoms with E-state index < -0.39 is 0 Å². The predicted molar refractivity (Wildman–Crippen MR) is 91.6 cm³/mol. The van der Waals surface area contributed by atoms with Gasteiger partial charge in [-0.3, -0.25) is 0 Å². The number of ether oxygens (including phenoxy) is 1. The van der Waals surface area contributed by atoms with Gasteiger partial charge in [0, 0.05) is 11.5 Å². The Hall–Kier alpha value is -2.36. The lowest BCUT2D eigenvalue weighted by atomic mass is 9.93. The third-order valence-corrected chi connectivity index (χ3v) is 4.02. The largest absolute Gasteiger partial charge is 0.489 e. The molecule has 3 aromatic rings. The molecule has 0 saturated heterocycles. The van der Waals surface area contributed by atoms with Crippen LogP contribution >= 0.6 is 0 Å². The number of aliphatic hydroxyl groups excluding tert-OH is 2. The summed E-state index contributed by atoms with van der Waals surface area (Å²) in [4.78, 5) is 0. The van der Waals surface area contributed by atoms with Crippen LogP contribution in [-0.4, -0.2) is 23.4 Å². The Bertz CT molecular complexity index is 764. The van der Waals surface area contributed by atoms with Gasteiger partial charge in [0.25, 0.3) is 0 Å². The highest BCUT2D eigenvalue weighted by Crippen LogP contribution is 2.34. The molecule has 0 saturated carbocycles. The first-order valence-corrected chi connectivity index (χ1v) is 7.73. The van der Waals surface area contributed by atoms with Gasteiger partial charge in [0.15, 0.2) is 0 Å². The Morgan fingerprint density at radius 3 is 2.22 bits per heavy atom. The minimum absolute atomic E-state index is 0.119. The summed E-state index contributed by atoms with van der Waals surface area (Å²) in [6.07, 6.45) is 0. The van der Waals surface area contributed by atoms with Crippen LogP contribution in [0.25, 0.3) is 10.8 Å². The molecule has 0 heterocycles. The van der Waals surface area contributed by atoms with Gasteiger partial charge in [0.2, 0.25) is 0 Å². The molecule has 23 heavy (non-hydrogen) atoms. The molecule has 3 rings (SSSR count). The molecule has 0 aliphatic heterocycles. The van der Waals surface area contributed by atoms with Crippen LogP contribution in [0.4, 0.5) is 0 Å². The van der Waals surface area contributed by atoms with Gasteiger partial charge in [-0.05, 0) is 22.4 Å². The van der Waals surface area contributed by atoms with Crippen LogP contribution < -0.4 is 4.74 Å². The molecule has 0 amide bonds. The molecule has 0 radical (unpaired) electrons. The minimum Gasteiger partial charge on any atom is -0.489 e. The Morgan fingerprint density at radius 1 is 0.783 bits per heavy atom. The van der Waals surface area contributed by atoms with Crippen LogP contribution in [0.15, 0.2) is 66.7 Å². The number of benzene rings is 3. The normalized spacial score (nSPS) is 11.1. The van der Waals surface area contributed by atoms with Gasteiger partial charge in [0.1, 0.15) is 12.4 Å². The minimum atomic E-state index is -0.355. The van der Waals surface area contributed by atoms with E-state index in [4.69, 9.17) is 4.74 Å². The molecule has 0 spiro atoms. The first kappa shape index (κ1) is 15.5. The molecule has 0 fully saturated rings. The number of hydrogen-bond acceptors (Lipinski definition) is 3. The third kappa shape index (κ3) is 3.36. The summed E-state index contributed by atoms with van der Waals surface area (Å²) >= 11 is 0. The SMILES string of the molecule is OCC(CO)c1c(OCc2ccccc2)ccc2ccccc12. The molecule has 2 N–H and O–H groups in total. The summed E-state index contributed by atoms with van der Waals surface area (Å²) in [5.74, 6) is 0.354. The van der Waals surface area contributed by atoms with Gasteiger partial charge in [-0.15, -0.1) is 0 Å². The maximum Gasteiger partial charge on any atom is 0.124 e. The summed E-state index contributed by atoms with van der Waals surface area (Å²) < 4.78 is 5.99. The lowest BCUT2D eigenvalue weighted by molar-refractivity contribution is 0.189. The van der Waals surface area contributed by atoms with E-state index in [2.05, 4.69) is 0 Å². The topological polar surface area (TPSA) is 49.7 Å². The van der Waals surface area contributed by atoms with Gasteiger partial charge in [-0.25, -0.2) is 0 Å². The van der Waals surface area contributed by atoms with Crippen molar-refractivity contribution in [3.05, 3.63) is 77.9 Å². The molecule has 3 heteroatoms. The van der Waals surface area contributed by atoms with Gasteiger partial charge in [-0.2, -0.15) is 0 Å². The maximum absolute atomic E-state index is 9.63. The van der Waals surface area contributed by atoms with Crippen LogP contribution in [0, 0.1) is 0 Å².